The van der Waals surface area contributed by atoms with Crippen LogP contribution in [0.1, 0.15) is 11.1 Å². The number of fused-ring (bicyclic) bond motifs is 1. The number of aromatic nitrogens is 1. The Hall–Kier alpha value is -3.13. The summed E-state index contributed by atoms with van der Waals surface area (Å²) in [7, 11) is 0. The van der Waals surface area contributed by atoms with E-state index < -0.39 is 0 Å². The summed E-state index contributed by atoms with van der Waals surface area (Å²) in [5.74, 6) is 0.815. The van der Waals surface area contributed by atoms with Gasteiger partial charge in [-0.1, -0.05) is 84.0 Å². The maximum Gasteiger partial charge on any atom is 0.174 e. The summed E-state index contributed by atoms with van der Waals surface area (Å²) >= 11 is 0. The second kappa shape index (κ2) is 5.93. The van der Waals surface area contributed by atoms with E-state index in [0.717, 1.165) is 27.8 Å². The van der Waals surface area contributed by atoms with Gasteiger partial charge < -0.3 is 4.52 Å². The largest absolute Gasteiger partial charge is 0.355 e. The Bertz CT molecular complexity index is 953. The van der Waals surface area contributed by atoms with Gasteiger partial charge >= 0.3 is 0 Å². The Morgan fingerprint density at radius 2 is 1.39 bits per heavy atom. The molecule has 23 heavy (non-hydrogen) atoms. The van der Waals surface area contributed by atoms with Gasteiger partial charge in [0.25, 0.3) is 0 Å². The van der Waals surface area contributed by atoms with E-state index in [4.69, 9.17) is 4.52 Å². The molecule has 0 radical (unpaired) electrons. The van der Waals surface area contributed by atoms with Crippen molar-refractivity contribution in [2.24, 2.45) is 0 Å². The van der Waals surface area contributed by atoms with Gasteiger partial charge in [-0.2, -0.15) is 0 Å². The fourth-order valence-electron chi connectivity index (χ4n) is 2.62. The molecule has 0 atom stereocenters. The minimum Gasteiger partial charge on any atom is -0.355 e. The van der Waals surface area contributed by atoms with Crippen LogP contribution in [0.15, 0.2) is 83.4 Å². The lowest BCUT2D eigenvalue weighted by Crippen LogP contribution is -1.77. The third kappa shape index (κ3) is 2.79. The lowest BCUT2D eigenvalue weighted by atomic mass is 10.1. The summed E-state index contributed by atoms with van der Waals surface area (Å²) in [6, 6.07) is 26.5. The van der Waals surface area contributed by atoms with Gasteiger partial charge in [-0.3, -0.25) is 0 Å². The molecule has 0 fully saturated rings. The molecule has 0 spiro atoms. The van der Waals surface area contributed by atoms with Gasteiger partial charge in [-0.15, -0.1) is 0 Å². The van der Waals surface area contributed by atoms with E-state index in [0.29, 0.717) is 0 Å². The maximum atomic E-state index is 5.54. The van der Waals surface area contributed by atoms with Crippen LogP contribution in [0.5, 0.6) is 0 Å². The first-order valence-corrected chi connectivity index (χ1v) is 7.58. The van der Waals surface area contributed by atoms with Crippen molar-refractivity contribution in [3.63, 3.8) is 0 Å². The van der Waals surface area contributed by atoms with Crippen molar-refractivity contribution in [1.29, 1.82) is 0 Å². The lowest BCUT2D eigenvalue weighted by molar-refractivity contribution is 0.441. The summed E-state index contributed by atoms with van der Waals surface area (Å²) in [6.45, 7) is 0. The summed E-state index contributed by atoms with van der Waals surface area (Å²) in [4.78, 5) is 0. The normalized spacial score (nSPS) is 11.3. The molecule has 0 bridgehead atoms. The monoisotopic (exact) mass is 297 g/mol. The fraction of sp³-hybridized carbons (Fsp3) is 0. The van der Waals surface area contributed by atoms with Crippen LogP contribution < -0.4 is 0 Å². The first-order chi connectivity index (χ1) is 11.4. The van der Waals surface area contributed by atoms with Crippen LogP contribution in [-0.4, -0.2) is 5.16 Å². The summed E-state index contributed by atoms with van der Waals surface area (Å²) < 4.78 is 5.54. The highest BCUT2D eigenvalue weighted by Crippen LogP contribution is 2.29. The van der Waals surface area contributed by atoms with Crippen LogP contribution in [0.4, 0.5) is 0 Å². The van der Waals surface area contributed by atoms with Gasteiger partial charge in [0, 0.05) is 5.56 Å². The predicted molar refractivity (Wildman–Crippen MR) is 94.8 cm³/mol. The first-order valence-electron chi connectivity index (χ1n) is 7.58. The molecule has 1 aromatic heterocycles. The zero-order chi connectivity index (χ0) is 15.5. The topological polar surface area (TPSA) is 26.0 Å². The third-order valence-electron chi connectivity index (χ3n) is 3.80. The standard InChI is InChI=1S/C21H15NO/c1-3-7-16(8-4-1)11-12-17-13-14-20-19(15-17)21(23-22-20)18-9-5-2-6-10-18/h1-15H. The lowest BCUT2D eigenvalue weighted by Gasteiger charge is -1.98. The van der Waals surface area contributed by atoms with Gasteiger partial charge in [0.1, 0.15) is 5.52 Å². The summed E-state index contributed by atoms with van der Waals surface area (Å²) in [5, 5.41) is 5.19. The Kier molecular flexibility index (Phi) is 3.49. The van der Waals surface area contributed by atoms with Crippen LogP contribution in [0.3, 0.4) is 0 Å². The highest BCUT2D eigenvalue weighted by molar-refractivity contribution is 5.93. The van der Waals surface area contributed by atoms with E-state index in [1.807, 2.05) is 54.6 Å². The molecule has 4 rings (SSSR count). The highest BCUT2D eigenvalue weighted by Gasteiger charge is 2.10. The van der Waals surface area contributed by atoms with Gasteiger partial charge in [0.15, 0.2) is 5.76 Å². The molecule has 2 nitrogen and oxygen atoms in total. The van der Waals surface area contributed by atoms with E-state index in [9.17, 15) is 0 Å². The Morgan fingerprint density at radius 3 is 2.17 bits per heavy atom. The SMILES string of the molecule is C(=Cc1ccc2noc(-c3ccccc3)c2c1)c1ccccc1. The number of rotatable bonds is 3. The van der Waals surface area contributed by atoms with Gasteiger partial charge in [-0.25, -0.2) is 0 Å². The number of benzene rings is 3. The second-order valence-corrected chi connectivity index (χ2v) is 5.40. The van der Waals surface area contributed by atoms with Crippen molar-refractivity contribution in [1.82, 2.24) is 5.16 Å². The number of hydrogen-bond donors (Lipinski definition) is 0. The van der Waals surface area contributed by atoms with Crippen molar-refractivity contribution < 1.29 is 4.52 Å². The molecule has 0 aliphatic rings. The summed E-state index contributed by atoms with van der Waals surface area (Å²) in [5.41, 5.74) is 4.22. The molecule has 0 aliphatic carbocycles. The number of nitrogens with zero attached hydrogens (tertiary/aromatic N) is 1. The molecular formula is C21H15NO. The van der Waals surface area contributed by atoms with Crippen LogP contribution >= 0.6 is 0 Å². The zero-order valence-corrected chi connectivity index (χ0v) is 12.5. The fourth-order valence-corrected chi connectivity index (χ4v) is 2.62. The van der Waals surface area contributed by atoms with Crippen LogP contribution in [0, 0.1) is 0 Å². The van der Waals surface area contributed by atoms with Gasteiger partial charge in [0.05, 0.1) is 5.39 Å². The quantitative estimate of drug-likeness (QED) is 0.456. The molecular weight excluding hydrogens is 282 g/mol. The molecule has 1 heterocycles. The number of hydrogen-bond acceptors (Lipinski definition) is 2. The molecule has 0 N–H and O–H groups in total. The minimum atomic E-state index is 0.815. The third-order valence-corrected chi connectivity index (χ3v) is 3.80. The Morgan fingerprint density at radius 1 is 0.696 bits per heavy atom. The average molecular weight is 297 g/mol. The van der Waals surface area contributed by atoms with E-state index in [2.05, 4.69) is 41.6 Å². The van der Waals surface area contributed by atoms with Crippen LogP contribution in [0.25, 0.3) is 34.4 Å². The molecule has 0 saturated heterocycles. The van der Waals surface area contributed by atoms with Crippen LogP contribution in [0.2, 0.25) is 0 Å². The highest BCUT2D eigenvalue weighted by atomic mass is 16.5. The Balaban J connectivity index is 1.74. The molecule has 110 valence electrons. The molecule has 0 aliphatic heterocycles. The Labute approximate surface area is 134 Å². The molecule has 0 saturated carbocycles. The molecule has 2 heteroatoms. The molecule has 3 aromatic carbocycles. The van der Waals surface area contributed by atoms with Gasteiger partial charge in [0.2, 0.25) is 0 Å². The van der Waals surface area contributed by atoms with E-state index in [1.54, 1.807) is 0 Å². The van der Waals surface area contributed by atoms with E-state index in [1.165, 1.54) is 5.56 Å². The van der Waals surface area contributed by atoms with Crippen molar-refractivity contribution >= 4 is 23.1 Å². The molecule has 4 aromatic rings. The van der Waals surface area contributed by atoms with E-state index >= 15 is 0 Å². The predicted octanol–water partition coefficient (Wildman–Crippen LogP) is 5.67. The first kappa shape index (κ1) is 13.5. The van der Waals surface area contributed by atoms with Crippen LogP contribution in [-0.2, 0) is 0 Å². The minimum absolute atomic E-state index is 0.815. The molecule has 0 unspecified atom stereocenters. The van der Waals surface area contributed by atoms with Gasteiger partial charge in [-0.05, 0) is 23.3 Å². The second-order valence-electron chi connectivity index (χ2n) is 5.40. The van der Waals surface area contributed by atoms with Crippen molar-refractivity contribution in [2.75, 3.05) is 0 Å². The van der Waals surface area contributed by atoms with Crippen molar-refractivity contribution in [2.45, 2.75) is 0 Å². The van der Waals surface area contributed by atoms with E-state index in [-0.39, 0.29) is 0 Å². The maximum absolute atomic E-state index is 5.54. The van der Waals surface area contributed by atoms with Crippen molar-refractivity contribution in [3.05, 3.63) is 90.0 Å². The zero-order valence-electron chi connectivity index (χ0n) is 12.5. The molecule has 0 amide bonds. The summed E-state index contributed by atoms with van der Waals surface area (Å²) in [6.07, 6.45) is 4.22. The smallest absolute Gasteiger partial charge is 0.174 e. The average Bonchev–Trinajstić information content (AvgIpc) is 3.05. The van der Waals surface area contributed by atoms with Crippen molar-refractivity contribution in [3.8, 4) is 11.3 Å².